The molecule has 1 unspecified atom stereocenters. The standard InChI is InChI=1S/C19H23NO/c1-4-18(16-8-6-5-7-9-16)20-19(21)13-17-11-10-14(2)12-15(17)3/h5-12,18H,4,13H2,1-3H3,(H,20,21). The van der Waals surface area contributed by atoms with E-state index in [2.05, 4.69) is 50.4 Å². The lowest BCUT2D eigenvalue weighted by Gasteiger charge is -2.18. The maximum absolute atomic E-state index is 12.3. The largest absolute Gasteiger partial charge is 0.349 e. The number of hydrogen-bond donors (Lipinski definition) is 1. The van der Waals surface area contributed by atoms with Gasteiger partial charge in [-0.15, -0.1) is 0 Å². The summed E-state index contributed by atoms with van der Waals surface area (Å²) in [6, 6.07) is 16.5. The predicted molar refractivity (Wildman–Crippen MR) is 87.2 cm³/mol. The van der Waals surface area contributed by atoms with Crippen molar-refractivity contribution in [2.75, 3.05) is 0 Å². The molecule has 0 aromatic heterocycles. The van der Waals surface area contributed by atoms with Gasteiger partial charge >= 0.3 is 0 Å². The Kier molecular flexibility index (Phi) is 5.15. The van der Waals surface area contributed by atoms with Crippen molar-refractivity contribution in [3.63, 3.8) is 0 Å². The number of carbonyl (C=O) groups excluding carboxylic acids is 1. The van der Waals surface area contributed by atoms with Gasteiger partial charge in [0.25, 0.3) is 0 Å². The summed E-state index contributed by atoms with van der Waals surface area (Å²) in [4.78, 5) is 12.3. The highest BCUT2D eigenvalue weighted by Crippen LogP contribution is 2.17. The van der Waals surface area contributed by atoms with Crippen LogP contribution in [0.4, 0.5) is 0 Å². The number of aryl methyl sites for hydroxylation is 2. The van der Waals surface area contributed by atoms with Crippen LogP contribution in [0.25, 0.3) is 0 Å². The molecule has 0 aliphatic carbocycles. The third-order valence-electron chi connectivity index (χ3n) is 3.79. The average Bonchev–Trinajstić information content (AvgIpc) is 2.48. The second-order valence-corrected chi connectivity index (χ2v) is 5.55. The Balaban J connectivity index is 2.03. The molecule has 0 aliphatic rings. The quantitative estimate of drug-likeness (QED) is 0.878. The molecule has 2 nitrogen and oxygen atoms in total. The lowest BCUT2D eigenvalue weighted by molar-refractivity contribution is -0.121. The smallest absolute Gasteiger partial charge is 0.224 e. The minimum atomic E-state index is 0.0812. The molecule has 21 heavy (non-hydrogen) atoms. The molecule has 0 radical (unpaired) electrons. The number of rotatable bonds is 5. The molecule has 2 aromatic carbocycles. The molecule has 0 aliphatic heterocycles. The molecule has 0 fully saturated rings. The zero-order chi connectivity index (χ0) is 15.2. The van der Waals surface area contributed by atoms with Crippen LogP contribution >= 0.6 is 0 Å². The van der Waals surface area contributed by atoms with Crippen LogP contribution < -0.4 is 5.32 Å². The summed E-state index contributed by atoms with van der Waals surface area (Å²) in [5.41, 5.74) is 4.67. The van der Waals surface area contributed by atoms with Crippen LogP contribution in [-0.4, -0.2) is 5.91 Å². The molecule has 1 atom stereocenters. The minimum absolute atomic E-state index is 0.0812. The van der Waals surface area contributed by atoms with Crippen molar-refractivity contribution in [3.8, 4) is 0 Å². The zero-order valence-electron chi connectivity index (χ0n) is 13.0. The number of benzene rings is 2. The maximum Gasteiger partial charge on any atom is 0.224 e. The van der Waals surface area contributed by atoms with Gasteiger partial charge in [0, 0.05) is 0 Å². The van der Waals surface area contributed by atoms with E-state index in [1.54, 1.807) is 0 Å². The van der Waals surface area contributed by atoms with E-state index in [9.17, 15) is 4.79 Å². The predicted octanol–water partition coefficient (Wildman–Crippen LogP) is 4.11. The van der Waals surface area contributed by atoms with Crippen molar-refractivity contribution in [3.05, 3.63) is 70.8 Å². The molecular formula is C19H23NO. The van der Waals surface area contributed by atoms with Crippen LogP contribution in [0.15, 0.2) is 48.5 Å². The van der Waals surface area contributed by atoms with Crippen LogP contribution in [0.1, 0.15) is 41.6 Å². The Bertz CT molecular complexity index is 604. The van der Waals surface area contributed by atoms with E-state index in [4.69, 9.17) is 0 Å². The van der Waals surface area contributed by atoms with Crippen molar-refractivity contribution < 1.29 is 4.79 Å². The first-order chi connectivity index (χ1) is 10.1. The molecule has 0 heterocycles. The lowest BCUT2D eigenvalue weighted by Crippen LogP contribution is -2.29. The van der Waals surface area contributed by atoms with E-state index >= 15 is 0 Å². The highest BCUT2D eigenvalue weighted by atomic mass is 16.1. The Morgan fingerprint density at radius 1 is 1.10 bits per heavy atom. The van der Waals surface area contributed by atoms with Crippen molar-refractivity contribution in [2.24, 2.45) is 0 Å². The van der Waals surface area contributed by atoms with Gasteiger partial charge in [0.05, 0.1) is 12.5 Å². The minimum Gasteiger partial charge on any atom is -0.349 e. The average molecular weight is 281 g/mol. The van der Waals surface area contributed by atoms with Gasteiger partial charge in [-0.2, -0.15) is 0 Å². The third-order valence-corrected chi connectivity index (χ3v) is 3.79. The van der Waals surface area contributed by atoms with Crippen LogP contribution in [0, 0.1) is 13.8 Å². The topological polar surface area (TPSA) is 29.1 Å². The molecular weight excluding hydrogens is 258 g/mol. The summed E-state index contributed by atoms with van der Waals surface area (Å²) in [5.74, 6) is 0.0812. The normalized spacial score (nSPS) is 12.0. The van der Waals surface area contributed by atoms with Gasteiger partial charge in [0.2, 0.25) is 5.91 Å². The van der Waals surface area contributed by atoms with E-state index in [1.807, 2.05) is 24.3 Å². The highest BCUT2D eigenvalue weighted by molar-refractivity contribution is 5.79. The number of hydrogen-bond acceptors (Lipinski definition) is 1. The first-order valence-electron chi connectivity index (χ1n) is 7.50. The fourth-order valence-electron chi connectivity index (χ4n) is 2.57. The Morgan fingerprint density at radius 2 is 1.81 bits per heavy atom. The maximum atomic E-state index is 12.3. The number of amides is 1. The summed E-state index contributed by atoms with van der Waals surface area (Å²) < 4.78 is 0. The molecule has 2 rings (SSSR count). The molecule has 1 amide bonds. The van der Waals surface area contributed by atoms with Gasteiger partial charge in [-0.1, -0.05) is 61.0 Å². The first kappa shape index (κ1) is 15.3. The monoisotopic (exact) mass is 281 g/mol. The van der Waals surface area contributed by atoms with E-state index in [0.29, 0.717) is 6.42 Å². The molecule has 0 spiro atoms. The molecule has 110 valence electrons. The van der Waals surface area contributed by atoms with E-state index in [0.717, 1.165) is 17.5 Å². The fraction of sp³-hybridized carbons (Fsp3) is 0.316. The summed E-state index contributed by atoms with van der Waals surface area (Å²) in [6.07, 6.45) is 1.33. The Morgan fingerprint density at radius 3 is 2.43 bits per heavy atom. The van der Waals surface area contributed by atoms with Crippen LogP contribution in [-0.2, 0) is 11.2 Å². The van der Waals surface area contributed by atoms with Gasteiger partial charge in [-0.05, 0) is 37.0 Å². The highest BCUT2D eigenvalue weighted by Gasteiger charge is 2.13. The summed E-state index contributed by atoms with van der Waals surface area (Å²) in [7, 11) is 0. The lowest BCUT2D eigenvalue weighted by atomic mass is 10.0. The van der Waals surface area contributed by atoms with Crippen molar-refractivity contribution in [1.82, 2.24) is 5.32 Å². The van der Waals surface area contributed by atoms with Crippen molar-refractivity contribution >= 4 is 5.91 Å². The van der Waals surface area contributed by atoms with Gasteiger partial charge in [-0.3, -0.25) is 4.79 Å². The van der Waals surface area contributed by atoms with Crippen molar-refractivity contribution in [2.45, 2.75) is 39.7 Å². The van der Waals surface area contributed by atoms with E-state index in [1.165, 1.54) is 11.1 Å². The molecule has 2 heteroatoms. The summed E-state index contributed by atoms with van der Waals surface area (Å²) in [5, 5.41) is 3.13. The third kappa shape index (κ3) is 4.19. The molecule has 2 aromatic rings. The SMILES string of the molecule is CCC(NC(=O)Cc1ccc(C)cc1C)c1ccccc1. The fourth-order valence-corrected chi connectivity index (χ4v) is 2.57. The van der Waals surface area contributed by atoms with Crippen LogP contribution in [0.3, 0.4) is 0 Å². The van der Waals surface area contributed by atoms with Crippen molar-refractivity contribution in [1.29, 1.82) is 0 Å². The summed E-state index contributed by atoms with van der Waals surface area (Å²) >= 11 is 0. The van der Waals surface area contributed by atoms with E-state index in [-0.39, 0.29) is 11.9 Å². The van der Waals surface area contributed by atoms with Crippen LogP contribution in [0.2, 0.25) is 0 Å². The van der Waals surface area contributed by atoms with Crippen LogP contribution in [0.5, 0.6) is 0 Å². The van der Waals surface area contributed by atoms with Gasteiger partial charge < -0.3 is 5.32 Å². The molecule has 1 N–H and O–H groups in total. The number of carbonyl (C=O) groups is 1. The molecule has 0 bridgehead atoms. The van der Waals surface area contributed by atoms with Gasteiger partial charge in [-0.25, -0.2) is 0 Å². The summed E-state index contributed by atoms with van der Waals surface area (Å²) in [6.45, 7) is 6.22. The zero-order valence-corrected chi connectivity index (χ0v) is 13.0. The Hall–Kier alpha value is -2.09. The molecule has 0 saturated heterocycles. The van der Waals surface area contributed by atoms with Gasteiger partial charge in [0.1, 0.15) is 0 Å². The number of nitrogens with one attached hydrogen (secondary N) is 1. The second kappa shape index (κ2) is 7.07. The first-order valence-corrected chi connectivity index (χ1v) is 7.50. The molecule has 0 saturated carbocycles. The van der Waals surface area contributed by atoms with Gasteiger partial charge in [0.15, 0.2) is 0 Å². The van der Waals surface area contributed by atoms with E-state index < -0.39 is 0 Å². The Labute approximate surface area is 127 Å². The second-order valence-electron chi connectivity index (χ2n) is 5.55.